The van der Waals surface area contributed by atoms with E-state index in [1.54, 1.807) is 7.11 Å². The Labute approximate surface area is 116 Å². The first-order valence-corrected chi connectivity index (χ1v) is 7.11. The van der Waals surface area contributed by atoms with Crippen molar-refractivity contribution in [1.29, 1.82) is 0 Å². The number of hydrogen-bond acceptors (Lipinski definition) is 4. The molecule has 106 valence electrons. The van der Waals surface area contributed by atoms with Crippen molar-refractivity contribution in [3.8, 4) is 0 Å². The molecule has 2 heterocycles. The van der Waals surface area contributed by atoms with Gasteiger partial charge in [0.05, 0.1) is 6.61 Å². The monoisotopic (exact) mass is 263 g/mol. The highest BCUT2D eigenvalue weighted by Gasteiger charge is 2.23. The highest BCUT2D eigenvalue weighted by atomic mass is 16.5. The van der Waals surface area contributed by atoms with Gasteiger partial charge in [-0.05, 0) is 12.5 Å². The fraction of sp³-hybridized carbons (Fsp3) is 0.667. The third-order valence-corrected chi connectivity index (χ3v) is 3.61. The fourth-order valence-corrected chi connectivity index (χ4v) is 2.60. The largest absolute Gasteiger partial charge is 0.384 e. The smallest absolute Gasteiger partial charge is 0.0508 e. The van der Waals surface area contributed by atoms with Crippen LogP contribution in [0.25, 0.3) is 0 Å². The summed E-state index contributed by atoms with van der Waals surface area (Å²) >= 11 is 0. The lowest BCUT2D eigenvalue weighted by Gasteiger charge is -2.22. The Morgan fingerprint density at radius 3 is 3.11 bits per heavy atom. The molecule has 1 aromatic heterocycles. The van der Waals surface area contributed by atoms with Crippen molar-refractivity contribution < 1.29 is 4.74 Å². The molecule has 1 aromatic rings. The molecule has 0 saturated carbocycles. The highest BCUT2D eigenvalue weighted by Crippen LogP contribution is 2.26. The van der Waals surface area contributed by atoms with Crippen molar-refractivity contribution in [2.75, 3.05) is 31.7 Å². The third-order valence-electron chi connectivity index (χ3n) is 3.61. The number of hydrogen-bond donors (Lipinski definition) is 1. The van der Waals surface area contributed by atoms with Gasteiger partial charge in [0.2, 0.25) is 0 Å². The van der Waals surface area contributed by atoms with Crippen LogP contribution in [0.15, 0.2) is 18.5 Å². The summed E-state index contributed by atoms with van der Waals surface area (Å²) < 4.78 is 5.27. The van der Waals surface area contributed by atoms with Crippen LogP contribution in [0, 0.1) is 5.92 Å². The van der Waals surface area contributed by atoms with E-state index in [0.29, 0.717) is 12.0 Å². The second kappa shape index (κ2) is 6.87. The summed E-state index contributed by atoms with van der Waals surface area (Å²) in [6.45, 7) is 8.29. The average molecular weight is 263 g/mol. The predicted octanol–water partition coefficient (Wildman–Crippen LogP) is 2.05. The van der Waals surface area contributed by atoms with Crippen molar-refractivity contribution in [2.45, 2.75) is 32.9 Å². The molecule has 4 nitrogen and oxygen atoms in total. The summed E-state index contributed by atoms with van der Waals surface area (Å²) in [4.78, 5) is 6.72. The van der Waals surface area contributed by atoms with Crippen LogP contribution in [-0.2, 0) is 11.3 Å². The molecule has 19 heavy (non-hydrogen) atoms. The molecule has 1 aliphatic heterocycles. The maximum atomic E-state index is 5.27. The van der Waals surface area contributed by atoms with Crippen LogP contribution in [0.3, 0.4) is 0 Å². The number of aromatic nitrogens is 1. The molecule has 0 aliphatic carbocycles. The third kappa shape index (κ3) is 3.91. The Hall–Kier alpha value is -1.13. The number of methoxy groups -OCH3 is 1. The van der Waals surface area contributed by atoms with Gasteiger partial charge in [0.15, 0.2) is 0 Å². The topological polar surface area (TPSA) is 37.4 Å². The van der Waals surface area contributed by atoms with Gasteiger partial charge in [-0.3, -0.25) is 4.98 Å². The van der Waals surface area contributed by atoms with Crippen molar-refractivity contribution in [3.05, 3.63) is 24.0 Å². The predicted molar refractivity (Wildman–Crippen MR) is 78.4 cm³/mol. The van der Waals surface area contributed by atoms with Gasteiger partial charge in [-0.2, -0.15) is 0 Å². The quantitative estimate of drug-likeness (QED) is 0.852. The van der Waals surface area contributed by atoms with Crippen LogP contribution in [0.4, 0.5) is 5.69 Å². The number of pyridine rings is 1. The van der Waals surface area contributed by atoms with E-state index < -0.39 is 0 Å². The van der Waals surface area contributed by atoms with Gasteiger partial charge >= 0.3 is 0 Å². The van der Waals surface area contributed by atoms with Crippen LogP contribution in [0.2, 0.25) is 0 Å². The molecule has 0 bridgehead atoms. The van der Waals surface area contributed by atoms with E-state index in [0.717, 1.165) is 26.2 Å². The maximum Gasteiger partial charge on any atom is 0.0508 e. The van der Waals surface area contributed by atoms with Crippen LogP contribution < -0.4 is 10.2 Å². The van der Waals surface area contributed by atoms with Crippen molar-refractivity contribution >= 4 is 5.69 Å². The number of anilines is 1. The Balaban J connectivity index is 2.03. The van der Waals surface area contributed by atoms with E-state index in [-0.39, 0.29) is 0 Å². The van der Waals surface area contributed by atoms with Crippen LogP contribution >= 0.6 is 0 Å². The van der Waals surface area contributed by atoms with Gasteiger partial charge in [-0.25, -0.2) is 0 Å². The first-order valence-electron chi connectivity index (χ1n) is 7.11. The van der Waals surface area contributed by atoms with Gasteiger partial charge in [0.25, 0.3) is 0 Å². The van der Waals surface area contributed by atoms with E-state index in [4.69, 9.17) is 4.74 Å². The van der Waals surface area contributed by atoms with E-state index in [9.17, 15) is 0 Å². The van der Waals surface area contributed by atoms with E-state index in [2.05, 4.69) is 35.1 Å². The Morgan fingerprint density at radius 1 is 1.53 bits per heavy atom. The van der Waals surface area contributed by atoms with E-state index in [1.807, 2.05) is 12.4 Å². The molecule has 0 aromatic carbocycles. The summed E-state index contributed by atoms with van der Waals surface area (Å²) in [5.74, 6) is 0.657. The lowest BCUT2D eigenvalue weighted by molar-refractivity contribution is 0.161. The minimum absolute atomic E-state index is 0.493. The van der Waals surface area contributed by atoms with Crippen molar-refractivity contribution in [1.82, 2.24) is 10.3 Å². The summed E-state index contributed by atoms with van der Waals surface area (Å²) in [5.41, 5.74) is 2.61. The Kier molecular flexibility index (Phi) is 5.16. The van der Waals surface area contributed by atoms with Gasteiger partial charge in [0, 0.05) is 62.3 Å². The first-order chi connectivity index (χ1) is 9.20. The normalized spacial score (nSPS) is 19.4. The Bertz CT molecular complexity index is 395. The molecule has 1 unspecified atom stereocenters. The molecule has 0 radical (unpaired) electrons. The van der Waals surface area contributed by atoms with Crippen molar-refractivity contribution in [2.24, 2.45) is 5.92 Å². The molecular weight excluding hydrogens is 238 g/mol. The summed E-state index contributed by atoms with van der Waals surface area (Å²) in [6.07, 6.45) is 5.08. The molecule has 1 N–H and O–H groups in total. The zero-order valence-corrected chi connectivity index (χ0v) is 12.2. The van der Waals surface area contributed by atoms with Crippen LogP contribution in [0.5, 0.6) is 0 Å². The van der Waals surface area contributed by atoms with Gasteiger partial charge in [-0.15, -0.1) is 0 Å². The fourth-order valence-electron chi connectivity index (χ4n) is 2.60. The zero-order chi connectivity index (χ0) is 13.7. The van der Waals surface area contributed by atoms with Gasteiger partial charge < -0.3 is 15.0 Å². The van der Waals surface area contributed by atoms with Gasteiger partial charge in [-0.1, -0.05) is 13.8 Å². The second-order valence-electron chi connectivity index (χ2n) is 5.60. The molecule has 1 saturated heterocycles. The molecule has 1 fully saturated rings. The lowest BCUT2D eigenvalue weighted by Crippen LogP contribution is -2.26. The highest BCUT2D eigenvalue weighted by molar-refractivity contribution is 5.53. The molecule has 1 atom stereocenters. The maximum absolute atomic E-state index is 5.27. The number of nitrogens with one attached hydrogen (secondary N) is 1. The minimum Gasteiger partial charge on any atom is -0.384 e. The molecule has 0 spiro atoms. The SMILES string of the molecule is COCC1CCN(c2ccncc2CNC(C)C)C1. The number of nitrogens with zero attached hydrogens (tertiary/aromatic N) is 2. The Morgan fingerprint density at radius 2 is 2.37 bits per heavy atom. The van der Waals surface area contributed by atoms with E-state index in [1.165, 1.54) is 17.7 Å². The van der Waals surface area contributed by atoms with Gasteiger partial charge in [0.1, 0.15) is 0 Å². The second-order valence-corrected chi connectivity index (χ2v) is 5.60. The van der Waals surface area contributed by atoms with Crippen LogP contribution in [0.1, 0.15) is 25.8 Å². The number of rotatable bonds is 6. The lowest BCUT2D eigenvalue weighted by atomic mass is 10.1. The van der Waals surface area contributed by atoms with E-state index >= 15 is 0 Å². The molecule has 4 heteroatoms. The summed E-state index contributed by atoms with van der Waals surface area (Å²) in [6, 6.07) is 2.62. The standard InChI is InChI=1S/C15H25N3O/c1-12(2)17-9-14-8-16-6-4-15(14)18-7-5-13(10-18)11-19-3/h4,6,8,12-13,17H,5,7,9-11H2,1-3H3. The number of ether oxygens (including phenoxy) is 1. The molecule has 1 aliphatic rings. The molecule has 0 amide bonds. The molecule has 2 rings (SSSR count). The summed E-state index contributed by atoms with van der Waals surface area (Å²) in [5, 5.41) is 3.47. The zero-order valence-electron chi connectivity index (χ0n) is 12.2. The molecular formula is C15H25N3O. The summed E-state index contributed by atoms with van der Waals surface area (Å²) in [7, 11) is 1.78. The average Bonchev–Trinajstić information content (AvgIpc) is 2.85. The minimum atomic E-state index is 0.493. The first kappa shape index (κ1) is 14.3. The van der Waals surface area contributed by atoms with Crippen molar-refractivity contribution in [3.63, 3.8) is 0 Å². The van der Waals surface area contributed by atoms with Crippen LogP contribution in [-0.4, -0.2) is 37.8 Å².